The Morgan fingerprint density at radius 1 is 1.00 bits per heavy atom. The maximum atomic E-state index is 12.3. The van der Waals surface area contributed by atoms with E-state index < -0.39 is 0 Å². The van der Waals surface area contributed by atoms with Crippen molar-refractivity contribution >= 4 is 5.91 Å². The summed E-state index contributed by atoms with van der Waals surface area (Å²) in [4.78, 5) is 12.3. The molecule has 3 heteroatoms. The molecule has 1 aliphatic rings. The quantitative estimate of drug-likeness (QED) is 0.874. The van der Waals surface area contributed by atoms with Crippen molar-refractivity contribution < 1.29 is 4.79 Å². The van der Waals surface area contributed by atoms with Crippen molar-refractivity contribution in [3.63, 3.8) is 0 Å². The first-order valence-corrected chi connectivity index (χ1v) is 8.35. The number of benzene rings is 1. The lowest BCUT2D eigenvalue weighted by molar-refractivity contribution is -0.125. The Kier molecular flexibility index (Phi) is 6.74. The third-order valence-corrected chi connectivity index (χ3v) is 4.40. The van der Waals surface area contributed by atoms with Crippen molar-refractivity contribution in [2.45, 2.75) is 57.9 Å². The van der Waals surface area contributed by atoms with Gasteiger partial charge >= 0.3 is 0 Å². The van der Waals surface area contributed by atoms with E-state index in [1.165, 1.54) is 37.7 Å². The minimum atomic E-state index is 0.224. The molecule has 1 aromatic carbocycles. The molecule has 1 fully saturated rings. The fourth-order valence-corrected chi connectivity index (χ4v) is 3.04. The van der Waals surface area contributed by atoms with Crippen molar-refractivity contribution in [3.8, 4) is 0 Å². The van der Waals surface area contributed by atoms with E-state index in [1.807, 2.05) is 0 Å². The van der Waals surface area contributed by atoms with E-state index in [0.717, 1.165) is 24.8 Å². The van der Waals surface area contributed by atoms with Crippen LogP contribution < -0.4 is 11.1 Å². The number of hydrogen-bond donors (Lipinski definition) is 2. The van der Waals surface area contributed by atoms with Gasteiger partial charge in [0.15, 0.2) is 0 Å². The maximum absolute atomic E-state index is 12.3. The number of nitrogens with one attached hydrogen (secondary N) is 1. The van der Waals surface area contributed by atoms with Crippen molar-refractivity contribution in [1.29, 1.82) is 0 Å². The zero-order valence-corrected chi connectivity index (χ0v) is 12.9. The smallest absolute Gasteiger partial charge is 0.223 e. The molecule has 0 unspecified atom stereocenters. The normalized spacial score (nSPS) is 17.0. The minimum Gasteiger partial charge on any atom is -0.352 e. The highest BCUT2D eigenvalue weighted by Gasteiger charge is 2.18. The molecule has 3 nitrogen and oxygen atoms in total. The molecule has 0 saturated heterocycles. The highest BCUT2D eigenvalue weighted by atomic mass is 16.1. The fourth-order valence-electron chi connectivity index (χ4n) is 3.04. The van der Waals surface area contributed by atoms with E-state index in [1.54, 1.807) is 0 Å². The molecule has 1 aromatic rings. The Morgan fingerprint density at radius 2 is 1.57 bits per heavy atom. The standard InChI is InChI=1S/C18H28N2O/c19-13-12-15-8-10-16(11-9-15)14-20-18(21)17-6-4-2-1-3-5-7-17/h8-11,17H,1-7,12-14,19H2,(H,20,21). The lowest BCUT2D eigenvalue weighted by Gasteiger charge is -2.19. The SMILES string of the molecule is NCCc1ccc(CNC(=O)C2CCCCCCC2)cc1. The lowest BCUT2D eigenvalue weighted by atomic mass is 9.90. The van der Waals surface area contributed by atoms with Gasteiger partial charge < -0.3 is 11.1 Å². The molecule has 0 aromatic heterocycles. The largest absolute Gasteiger partial charge is 0.352 e. The molecule has 0 heterocycles. The van der Waals surface area contributed by atoms with Crippen molar-refractivity contribution in [2.24, 2.45) is 11.7 Å². The topological polar surface area (TPSA) is 55.1 Å². The third kappa shape index (κ3) is 5.50. The van der Waals surface area contributed by atoms with Crippen LogP contribution in [0.3, 0.4) is 0 Å². The summed E-state index contributed by atoms with van der Waals surface area (Å²) in [5.41, 5.74) is 7.97. The van der Waals surface area contributed by atoms with Gasteiger partial charge in [0.1, 0.15) is 0 Å². The Bertz CT molecular complexity index is 419. The molecule has 0 aliphatic heterocycles. The van der Waals surface area contributed by atoms with Gasteiger partial charge in [0.25, 0.3) is 0 Å². The first-order chi connectivity index (χ1) is 10.3. The van der Waals surface area contributed by atoms with Crippen LogP contribution in [0.5, 0.6) is 0 Å². The predicted molar refractivity (Wildman–Crippen MR) is 86.9 cm³/mol. The first-order valence-electron chi connectivity index (χ1n) is 8.35. The molecule has 1 amide bonds. The van der Waals surface area contributed by atoms with Crippen LogP contribution in [0, 0.1) is 5.92 Å². The molecule has 1 aliphatic carbocycles. The van der Waals surface area contributed by atoms with E-state index in [4.69, 9.17) is 5.73 Å². The van der Waals surface area contributed by atoms with Gasteiger partial charge in [0.2, 0.25) is 5.91 Å². The predicted octanol–water partition coefficient (Wildman–Crippen LogP) is 3.16. The number of carbonyl (C=O) groups excluding carboxylic acids is 1. The minimum absolute atomic E-state index is 0.224. The van der Waals surface area contributed by atoms with E-state index in [0.29, 0.717) is 13.1 Å². The van der Waals surface area contributed by atoms with E-state index >= 15 is 0 Å². The van der Waals surface area contributed by atoms with Gasteiger partial charge in [0, 0.05) is 12.5 Å². The van der Waals surface area contributed by atoms with Gasteiger partial charge in [0.05, 0.1) is 0 Å². The molecule has 116 valence electrons. The van der Waals surface area contributed by atoms with E-state index in [2.05, 4.69) is 29.6 Å². The van der Waals surface area contributed by atoms with Gasteiger partial charge in [-0.25, -0.2) is 0 Å². The van der Waals surface area contributed by atoms with Crippen LogP contribution in [0.2, 0.25) is 0 Å². The van der Waals surface area contributed by atoms with Gasteiger partial charge in [-0.1, -0.05) is 56.4 Å². The summed E-state index contributed by atoms with van der Waals surface area (Å²) in [6.45, 7) is 1.32. The number of hydrogen-bond acceptors (Lipinski definition) is 2. The highest BCUT2D eigenvalue weighted by Crippen LogP contribution is 2.22. The molecular weight excluding hydrogens is 260 g/mol. The summed E-state index contributed by atoms with van der Waals surface area (Å²) in [5, 5.41) is 3.10. The van der Waals surface area contributed by atoms with E-state index in [-0.39, 0.29) is 11.8 Å². The second-order valence-corrected chi connectivity index (χ2v) is 6.12. The van der Waals surface area contributed by atoms with Gasteiger partial charge in [-0.2, -0.15) is 0 Å². The van der Waals surface area contributed by atoms with Crippen LogP contribution in [0.1, 0.15) is 56.1 Å². The Balaban J connectivity index is 1.79. The number of carbonyl (C=O) groups is 1. The van der Waals surface area contributed by atoms with Gasteiger partial charge in [-0.3, -0.25) is 4.79 Å². The second-order valence-electron chi connectivity index (χ2n) is 6.12. The molecule has 3 N–H and O–H groups in total. The summed E-state index contributed by atoms with van der Waals surface area (Å²) in [5.74, 6) is 0.463. The number of amides is 1. The maximum Gasteiger partial charge on any atom is 0.223 e. The van der Waals surface area contributed by atoms with Crippen molar-refractivity contribution in [3.05, 3.63) is 35.4 Å². The van der Waals surface area contributed by atoms with Crippen LogP contribution in [0.4, 0.5) is 0 Å². The van der Waals surface area contributed by atoms with Crippen molar-refractivity contribution in [2.75, 3.05) is 6.54 Å². The number of nitrogens with two attached hydrogens (primary N) is 1. The van der Waals surface area contributed by atoms with Crippen LogP contribution in [-0.4, -0.2) is 12.5 Å². The average molecular weight is 288 g/mol. The van der Waals surface area contributed by atoms with Crippen LogP contribution in [0.15, 0.2) is 24.3 Å². The van der Waals surface area contributed by atoms with Crippen molar-refractivity contribution in [1.82, 2.24) is 5.32 Å². The summed E-state index contributed by atoms with van der Waals surface area (Å²) in [7, 11) is 0. The summed E-state index contributed by atoms with van der Waals surface area (Å²) < 4.78 is 0. The van der Waals surface area contributed by atoms with Crippen LogP contribution in [-0.2, 0) is 17.8 Å². The monoisotopic (exact) mass is 288 g/mol. The summed E-state index contributed by atoms with van der Waals surface area (Å²) in [6.07, 6.45) is 9.33. The lowest BCUT2D eigenvalue weighted by Crippen LogP contribution is -2.30. The first kappa shape index (κ1) is 16.0. The second kappa shape index (κ2) is 8.83. The summed E-state index contributed by atoms with van der Waals surface area (Å²) >= 11 is 0. The molecule has 0 atom stereocenters. The Morgan fingerprint density at radius 3 is 2.19 bits per heavy atom. The summed E-state index contributed by atoms with van der Waals surface area (Å²) in [6, 6.07) is 8.38. The zero-order chi connectivity index (χ0) is 14.9. The molecule has 21 heavy (non-hydrogen) atoms. The third-order valence-electron chi connectivity index (χ3n) is 4.40. The van der Waals surface area contributed by atoms with Crippen LogP contribution >= 0.6 is 0 Å². The highest BCUT2D eigenvalue weighted by molar-refractivity contribution is 5.78. The van der Waals surface area contributed by atoms with E-state index in [9.17, 15) is 4.79 Å². The molecule has 0 radical (unpaired) electrons. The molecule has 1 saturated carbocycles. The van der Waals surface area contributed by atoms with Crippen LogP contribution in [0.25, 0.3) is 0 Å². The fraction of sp³-hybridized carbons (Fsp3) is 0.611. The number of rotatable bonds is 5. The molecule has 0 spiro atoms. The molecular formula is C18H28N2O. The molecule has 2 rings (SSSR count). The Hall–Kier alpha value is -1.35. The molecule has 0 bridgehead atoms. The Labute approximate surface area is 128 Å². The average Bonchev–Trinajstić information content (AvgIpc) is 2.46. The van der Waals surface area contributed by atoms with Gasteiger partial charge in [-0.15, -0.1) is 0 Å². The van der Waals surface area contributed by atoms with Gasteiger partial charge in [-0.05, 0) is 36.9 Å². The zero-order valence-electron chi connectivity index (χ0n) is 12.9.